The number of hydrogen-bond acceptors (Lipinski definition) is 3. The maximum Gasteiger partial charge on any atom is 0.193 e. The van der Waals surface area contributed by atoms with Gasteiger partial charge >= 0.3 is 0 Å². The summed E-state index contributed by atoms with van der Waals surface area (Å²) < 4.78 is 4.99. The lowest BCUT2D eigenvalue weighted by Gasteiger charge is -1.91. The number of aliphatic hydroxyl groups is 1. The molecule has 0 saturated heterocycles. The normalized spacial score (nSPS) is 10.1. The van der Waals surface area contributed by atoms with Gasteiger partial charge in [-0.1, -0.05) is 0 Å². The highest BCUT2D eigenvalue weighted by Crippen LogP contribution is 2.00. The molecule has 0 aromatic carbocycles. The molecule has 0 aliphatic carbocycles. The Balaban J connectivity index is 2.15. The smallest absolute Gasteiger partial charge is 0.193 e. The van der Waals surface area contributed by atoms with Crippen molar-refractivity contribution < 1.29 is 9.52 Å². The Labute approximate surface area is 59.7 Å². The van der Waals surface area contributed by atoms with Gasteiger partial charge in [0.2, 0.25) is 0 Å². The molecular formula is C7H11NO2. The van der Waals surface area contributed by atoms with Gasteiger partial charge in [0.15, 0.2) is 5.89 Å². The Morgan fingerprint density at radius 3 is 3.00 bits per heavy atom. The van der Waals surface area contributed by atoms with E-state index in [4.69, 9.17) is 9.52 Å². The Morgan fingerprint density at radius 1 is 1.50 bits per heavy atom. The van der Waals surface area contributed by atoms with Gasteiger partial charge in [0.25, 0.3) is 0 Å². The Hall–Kier alpha value is -0.830. The van der Waals surface area contributed by atoms with E-state index >= 15 is 0 Å². The molecular weight excluding hydrogens is 130 g/mol. The highest BCUT2D eigenvalue weighted by atomic mass is 16.3. The van der Waals surface area contributed by atoms with Crippen molar-refractivity contribution in [1.29, 1.82) is 0 Å². The number of aliphatic hydroxyl groups excluding tert-OH is 1. The SMILES string of the molecule is OCCCCc1ncco1. The standard InChI is InChI=1S/C7H11NO2/c9-5-2-1-3-7-8-4-6-10-7/h4,6,9H,1-3,5H2. The quantitative estimate of drug-likeness (QED) is 0.636. The molecule has 0 amide bonds. The van der Waals surface area contributed by atoms with E-state index in [9.17, 15) is 0 Å². The van der Waals surface area contributed by atoms with Crippen molar-refractivity contribution in [3.63, 3.8) is 0 Å². The van der Waals surface area contributed by atoms with E-state index < -0.39 is 0 Å². The average molecular weight is 141 g/mol. The van der Waals surface area contributed by atoms with Crippen molar-refractivity contribution in [3.05, 3.63) is 18.4 Å². The summed E-state index contributed by atoms with van der Waals surface area (Å²) in [6.45, 7) is 0.251. The lowest BCUT2D eigenvalue weighted by atomic mass is 10.2. The van der Waals surface area contributed by atoms with E-state index in [2.05, 4.69) is 4.98 Å². The first kappa shape index (κ1) is 7.28. The summed E-state index contributed by atoms with van der Waals surface area (Å²) >= 11 is 0. The second-order valence-corrected chi connectivity index (χ2v) is 2.11. The van der Waals surface area contributed by atoms with E-state index in [1.165, 1.54) is 0 Å². The van der Waals surface area contributed by atoms with E-state index in [1.54, 1.807) is 12.5 Å². The highest BCUT2D eigenvalue weighted by molar-refractivity contribution is 4.79. The van der Waals surface area contributed by atoms with Crippen molar-refractivity contribution in [1.82, 2.24) is 4.98 Å². The second kappa shape index (κ2) is 4.06. The number of nitrogens with zero attached hydrogens (tertiary/aromatic N) is 1. The predicted molar refractivity (Wildman–Crippen MR) is 36.5 cm³/mol. The van der Waals surface area contributed by atoms with Crippen LogP contribution in [0, 0.1) is 0 Å². The van der Waals surface area contributed by atoms with Gasteiger partial charge in [-0.05, 0) is 12.8 Å². The van der Waals surface area contributed by atoms with Gasteiger partial charge in [-0.15, -0.1) is 0 Å². The number of aromatic nitrogens is 1. The molecule has 1 aromatic heterocycles. The van der Waals surface area contributed by atoms with E-state index in [-0.39, 0.29) is 6.61 Å². The summed E-state index contributed by atoms with van der Waals surface area (Å²) in [5.41, 5.74) is 0. The van der Waals surface area contributed by atoms with Crippen LogP contribution in [-0.2, 0) is 6.42 Å². The molecule has 1 N–H and O–H groups in total. The average Bonchev–Trinajstić information content (AvgIpc) is 2.41. The molecule has 0 radical (unpaired) electrons. The molecule has 0 fully saturated rings. The zero-order valence-corrected chi connectivity index (χ0v) is 5.79. The number of unbranched alkanes of at least 4 members (excludes halogenated alkanes) is 1. The Kier molecular flexibility index (Phi) is 2.96. The lowest BCUT2D eigenvalue weighted by molar-refractivity contribution is 0.282. The third-order valence-electron chi connectivity index (χ3n) is 1.28. The summed E-state index contributed by atoms with van der Waals surface area (Å²) in [5, 5.41) is 8.44. The molecule has 0 saturated carbocycles. The summed E-state index contributed by atoms with van der Waals surface area (Å²) in [6, 6.07) is 0. The van der Waals surface area contributed by atoms with Gasteiger partial charge in [-0.25, -0.2) is 4.98 Å². The third kappa shape index (κ3) is 2.19. The highest BCUT2D eigenvalue weighted by Gasteiger charge is 1.94. The monoisotopic (exact) mass is 141 g/mol. The van der Waals surface area contributed by atoms with E-state index in [1.807, 2.05) is 0 Å². The minimum Gasteiger partial charge on any atom is -0.449 e. The zero-order chi connectivity index (χ0) is 7.23. The molecule has 56 valence electrons. The molecule has 0 aliphatic rings. The maximum atomic E-state index is 8.44. The second-order valence-electron chi connectivity index (χ2n) is 2.11. The van der Waals surface area contributed by atoms with Crippen LogP contribution in [0.3, 0.4) is 0 Å². The van der Waals surface area contributed by atoms with Crippen molar-refractivity contribution in [2.75, 3.05) is 6.61 Å². The topological polar surface area (TPSA) is 46.3 Å². The van der Waals surface area contributed by atoms with Gasteiger partial charge in [0.1, 0.15) is 6.26 Å². The van der Waals surface area contributed by atoms with Crippen molar-refractivity contribution in [2.24, 2.45) is 0 Å². The molecule has 1 rings (SSSR count). The van der Waals surface area contributed by atoms with Crippen LogP contribution in [0.25, 0.3) is 0 Å². The molecule has 1 aromatic rings. The minimum absolute atomic E-state index is 0.251. The number of hydrogen-bond donors (Lipinski definition) is 1. The minimum atomic E-state index is 0.251. The summed E-state index contributed by atoms with van der Waals surface area (Å²) in [5.74, 6) is 0.758. The summed E-state index contributed by atoms with van der Waals surface area (Å²) in [7, 11) is 0. The Morgan fingerprint density at radius 2 is 2.40 bits per heavy atom. The van der Waals surface area contributed by atoms with Crippen LogP contribution in [0.2, 0.25) is 0 Å². The molecule has 3 nitrogen and oxygen atoms in total. The molecule has 0 bridgehead atoms. The van der Waals surface area contributed by atoms with Crippen molar-refractivity contribution in [3.8, 4) is 0 Å². The lowest BCUT2D eigenvalue weighted by Crippen LogP contribution is -1.87. The first-order valence-electron chi connectivity index (χ1n) is 3.42. The maximum absolute atomic E-state index is 8.44. The molecule has 0 aliphatic heterocycles. The molecule has 0 spiro atoms. The van der Waals surface area contributed by atoms with Gasteiger partial charge in [-0.3, -0.25) is 0 Å². The molecule has 3 heteroatoms. The fraction of sp³-hybridized carbons (Fsp3) is 0.571. The van der Waals surface area contributed by atoms with Gasteiger partial charge in [-0.2, -0.15) is 0 Å². The van der Waals surface area contributed by atoms with Crippen molar-refractivity contribution in [2.45, 2.75) is 19.3 Å². The summed E-state index contributed by atoms with van der Waals surface area (Å²) in [6.07, 6.45) is 5.79. The van der Waals surface area contributed by atoms with Gasteiger partial charge < -0.3 is 9.52 Å². The third-order valence-corrected chi connectivity index (χ3v) is 1.28. The fourth-order valence-corrected chi connectivity index (χ4v) is 0.764. The van der Waals surface area contributed by atoms with Crippen LogP contribution in [0.1, 0.15) is 18.7 Å². The number of oxazole rings is 1. The molecule has 10 heavy (non-hydrogen) atoms. The molecule has 1 heterocycles. The largest absolute Gasteiger partial charge is 0.449 e. The van der Waals surface area contributed by atoms with E-state index in [0.717, 1.165) is 25.2 Å². The van der Waals surface area contributed by atoms with Crippen LogP contribution in [0.5, 0.6) is 0 Å². The van der Waals surface area contributed by atoms with Crippen LogP contribution >= 0.6 is 0 Å². The number of rotatable bonds is 4. The fourth-order valence-electron chi connectivity index (χ4n) is 0.764. The predicted octanol–water partition coefficient (Wildman–Crippen LogP) is 0.990. The van der Waals surface area contributed by atoms with Gasteiger partial charge in [0.05, 0.1) is 6.20 Å². The molecule has 0 unspecified atom stereocenters. The van der Waals surface area contributed by atoms with E-state index in [0.29, 0.717) is 0 Å². The Bertz CT molecular complexity index is 160. The zero-order valence-electron chi connectivity index (χ0n) is 5.79. The first-order valence-corrected chi connectivity index (χ1v) is 3.42. The van der Waals surface area contributed by atoms with Crippen LogP contribution < -0.4 is 0 Å². The van der Waals surface area contributed by atoms with Crippen LogP contribution in [0.15, 0.2) is 16.9 Å². The van der Waals surface area contributed by atoms with Crippen LogP contribution in [-0.4, -0.2) is 16.7 Å². The van der Waals surface area contributed by atoms with Crippen LogP contribution in [0.4, 0.5) is 0 Å². The first-order chi connectivity index (χ1) is 4.93. The molecule has 0 atom stereocenters. The summed E-state index contributed by atoms with van der Waals surface area (Å²) in [4.78, 5) is 3.94. The number of aryl methyl sites for hydroxylation is 1. The van der Waals surface area contributed by atoms with Gasteiger partial charge in [0, 0.05) is 13.0 Å². The van der Waals surface area contributed by atoms with Crippen molar-refractivity contribution >= 4 is 0 Å².